The van der Waals surface area contributed by atoms with E-state index in [2.05, 4.69) is 66.7 Å². The Bertz CT molecular complexity index is 768. The van der Waals surface area contributed by atoms with Crippen LogP contribution in [0.15, 0.2) is 18.2 Å². The zero-order valence-electron chi connectivity index (χ0n) is 26.5. The van der Waals surface area contributed by atoms with Crippen molar-refractivity contribution >= 4 is 5.97 Å². The molecule has 0 aliphatic rings. The lowest BCUT2D eigenvalue weighted by Crippen LogP contribution is -2.26. The van der Waals surface area contributed by atoms with Crippen molar-refractivity contribution in [2.75, 3.05) is 6.61 Å². The average Bonchev–Trinajstić information content (AvgIpc) is 2.85. The molecule has 1 aromatic rings. The van der Waals surface area contributed by atoms with Crippen molar-refractivity contribution in [3.8, 4) is 0 Å². The zero-order chi connectivity index (χ0) is 28.6. The van der Waals surface area contributed by atoms with E-state index in [9.17, 15) is 9.90 Å². The monoisotopic (exact) mass is 530 g/mol. The van der Waals surface area contributed by atoms with E-state index >= 15 is 0 Å². The van der Waals surface area contributed by atoms with Gasteiger partial charge < -0.3 is 9.84 Å². The number of esters is 1. The molecule has 0 radical (unpaired) electrons. The number of benzene rings is 1. The normalized spacial score (nSPS) is 13.9. The summed E-state index contributed by atoms with van der Waals surface area (Å²) in [5.74, 6) is -0.200. The maximum atomic E-state index is 11.8. The molecule has 2 unspecified atom stereocenters. The second-order valence-corrected chi connectivity index (χ2v) is 13.5. The van der Waals surface area contributed by atoms with E-state index in [1.54, 1.807) is 0 Å². The quantitative estimate of drug-likeness (QED) is 0.143. The predicted molar refractivity (Wildman–Crippen MR) is 164 cm³/mol. The fourth-order valence-corrected chi connectivity index (χ4v) is 5.35. The van der Waals surface area contributed by atoms with Crippen LogP contribution in [0.4, 0.5) is 0 Å². The predicted octanol–water partition coefficient (Wildman–Crippen LogP) is 10.2. The van der Waals surface area contributed by atoms with Crippen molar-refractivity contribution in [2.24, 2.45) is 0 Å². The average molecular weight is 531 g/mol. The Morgan fingerprint density at radius 2 is 1.29 bits per heavy atom. The highest BCUT2D eigenvalue weighted by Crippen LogP contribution is 2.38. The van der Waals surface area contributed by atoms with Crippen LogP contribution >= 0.6 is 0 Å². The second-order valence-electron chi connectivity index (χ2n) is 13.5. The molecule has 0 spiro atoms. The van der Waals surface area contributed by atoms with Gasteiger partial charge in [-0.05, 0) is 40.4 Å². The third-order valence-corrected chi connectivity index (χ3v) is 7.93. The zero-order valence-corrected chi connectivity index (χ0v) is 26.5. The summed E-state index contributed by atoms with van der Waals surface area (Å²) in [6.07, 6.45) is 17.2. The number of carbonyl (C=O) groups excluding carboxylic acids is 1. The number of ether oxygens (including phenoxy) is 1. The third-order valence-electron chi connectivity index (χ3n) is 7.93. The number of unbranched alkanes of at least 4 members (excludes halogenated alkanes) is 11. The molecule has 0 aliphatic heterocycles. The van der Waals surface area contributed by atoms with Crippen LogP contribution in [0.2, 0.25) is 0 Å². The molecule has 0 heterocycles. The topological polar surface area (TPSA) is 46.5 Å². The second kappa shape index (κ2) is 18.1. The maximum absolute atomic E-state index is 11.8. The van der Waals surface area contributed by atoms with E-state index in [1.165, 1.54) is 87.3 Å². The van der Waals surface area contributed by atoms with Crippen LogP contribution in [0.25, 0.3) is 0 Å². The van der Waals surface area contributed by atoms with Gasteiger partial charge in [-0.3, -0.25) is 4.79 Å². The van der Waals surface area contributed by atoms with Crippen molar-refractivity contribution in [1.82, 2.24) is 0 Å². The minimum absolute atomic E-state index is 0.0318. The van der Waals surface area contributed by atoms with E-state index in [-0.39, 0.29) is 22.7 Å². The Balaban J connectivity index is 2.74. The molecule has 38 heavy (non-hydrogen) atoms. The van der Waals surface area contributed by atoms with Gasteiger partial charge in [-0.1, -0.05) is 151 Å². The molecule has 3 heteroatoms. The van der Waals surface area contributed by atoms with E-state index < -0.39 is 6.10 Å². The van der Waals surface area contributed by atoms with Gasteiger partial charge >= 0.3 is 5.97 Å². The first-order valence-electron chi connectivity index (χ1n) is 15.9. The van der Waals surface area contributed by atoms with Gasteiger partial charge in [-0.2, -0.15) is 0 Å². The van der Waals surface area contributed by atoms with Crippen LogP contribution in [-0.4, -0.2) is 23.8 Å². The number of aliphatic hydroxyl groups is 1. The standard InChI is InChI=1S/C35H62O3/c1-9-11-12-13-14-15-16-17-18-19-20-21-22-32(36)30(25-26-38-33(37)10-2)29-24-23-28(34(3,4)5)27-31(29)35(6,7)8/h23-24,27,30,32,36H,9-22,25-26H2,1-8H3. The largest absolute Gasteiger partial charge is 0.466 e. The number of aliphatic hydroxyl groups excluding tert-OH is 1. The van der Waals surface area contributed by atoms with Crippen molar-refractivity contribution in [3.63, 3.8) is 0 Å². The molecule has 0 aliphatic carbocycles. The van der Waals surface area contributed by atoms with Gasteiger partial charge in [0.05, 0.1) is 12.7 Å². The fraction of sp³-hybridized carbons (Fsp3) is 0.800. The summed E-state index contributed by atoms with van der Waals surface area (Å²) in [7, 11) is 0. The minimum Gasteiger partial charge on any atom is -0.466 e. The summed E-state index contributed by atoms with van der Waals surface area (Å²) in [6, 6.07) is 6.81. The highest BCUT2D eigenvalue weighted by atomic mass is 16.5. The first-order valence-corrected chi connectivity index (χ1v) is 15.9. The van der Waals surface area contributed by atoms with E-state index in [0.717, 1.165) is 12.8 Å². The van der Waals surface area contributed by atoms with Crippen LogP contribution in [0.5, 0.6) is 0 Å². The molecule has 0 bridgehead atoms. The Morgan fingerprint density at radius 1 is 0.763 bits per heavy atom. The Labute approximate surface area is 236 Å². The summed E-state index contributed by atoms with van der Waals surface area (Å²) in [5.41, 5.74) is 3.86. The lowest BCUT2D eigenvalue weighted by atomic mass is 9.74. The van der Waals surface area contributed by atoms with Gasteiger partial charge in [0.25, 0.3) is 0 Å². The van der Waals surface area contributed by atoms with Crippen LogP contribution in [0.1, 0.15) is 174 Å². The highest BCUT2D eigenvalue weighted by Gasteiger charge is 2.29. The minimum atomic E-state index is -0.431. The van der Waals surface area contributed by atoms with Gasteiger partial charge in [0.15, 0.2) is 0 Å². The summed E-state index contributed by atoms with van der Waals surface area (Å²) in [5, 5.41) is 11.4. The van der Waals surface area contributed by atoms with E-state index in [1.807, 2.05) is 6.92 Å². The van der Waals surface area contributed by atoms with Crippen LogP contribution in [-0.2, 0) is 20.4 Å². The first kappa shape index (κ1) is 34.7. The van der Waals surface area contributed by atoms with Gasteiger partial charge in [-0.15, -0.1) is 0 Å². The molecule has 0 saturated heterocycles. The van der Waals surface area contributed by atoms with Crippen LogP contribution < -0.4 is 0 Å². The Hall–Kier alpha value is -1.35. The molecule has 1 N–H and O–H groups in total. The summed E-state index contributed by atoms with van der Waals surface area (Å²) in [6.45, 7) is 18.0. The molecule has 220 valence electrons. The number of hydrogen-bond acceptors (Lipinski definition) is 3. The lowest BCUT2D eigenvalue weighted by molar-refractivity contribution is -0.143. The van der Waals surface area contributed by atoms with E-state index in [0.29, 0.717) is 19.4 Å². The van der Waals surface area contributed by atoms with Crippen molar-refractivity contribution in [3.05, 3.63) is 34.9 Å². The number of carbonyl (C=O) groups is 1. The molecule has 0 saturated carbocycles. The molecule has 2 atom stereocenters. The van der Waals surface area contributed by atoms with E-state index in [4.69, 9.17) is 4.74 Å². The van der Waals surface area contributed by atoms with Gasteiger partial charge in [0.1, 0.15) is 0 Å². The first-order chi connectivity index (χ1) is 17.9. The summed E-state index contributed by atoms with van der Waals surface area (Å²) >= 11 is 0. The molecule has 1 rings (SSSR count). The molecule has 1 aromatic carbocycles. The third kappa shape index (κ3) is 13.6. The SMILES string of the molecule is CCCCCCCCCCCCCCC(O)C(CCOC(=O)CC)c1ccc(C(C)(C)C)cc1C(C)(C)C. The summed E-state index contributed by atoms with van der Waals surface area (Å²) < 4.78 is 5.46. The van der Waals surface area contributed by atoms with Crippen LogP contribution in [0, 0.1) is 0 Å². The molecule has 0 fully saturated rings. The lowest BCUT2D eigenvalue weighted by Gasteiger charge is -2.32. The van der Waals surface area contributed by atoms with Gasteiger partial charge in [0, 0.05) is 12.3 Å². The van der Waals surface area contributed by atoms with Crippen molar-refractivity contribution < 1.29 is 14.6 Å². The van der Waals surface area contributed by atoms with Gasteiger partial charge in [0.2, 0.25) is 0 Å². The highest BCUT2D eigenvalue weighted by molar-refractivity contribution is 5.68. The molecular formula is C35H62O3. The molecule has 3 nitrogen and oxygen atoms in total. The molecule has 0 amide bonds. The maximum Gasteiger partial charge on any atom is 0.305 e. The molecule has 0 aromatic heterocycles. The smallest absolute Gasteiger partial charge is 0.305 e. The number of rotatable bonds is 19. The molecular weight excluding hydrogens is 468 g/mol. The summed E-state index contributed by atoms with van der Waals surface area (Å²) in [4.78, 5) is 11.8. The fourth-order valence-electron chi connectivity index (χ4n) is 5.35. The van der Waals surface area contributed by atoms with Gasteiger partial charge in [-0.25, -0.2) is 0 Å². The van der Waals surface area contributed by atoms with Crippen molar-refractivity contribution in [1.29, 1.82) is 0 Å². The van der Waals surface area contributed by atoms with Crippen LogP contribution in [0.3, 0.4) is 0 Å². The van der Waals surface area contributed by atoms with Crippen molar-refractivity contribution in [2.45, 2.75) is 175 Å². The number of hydrogen-bond donors (Lipinski definition) is 1. The Morgan fingerprint density at radius 3 is 1.76 bits per heavy atom. The Kier molecular flexibility index (Phi) is 16.5.